The molecule has 1 amide bonds. The molecule has 0 aliphatic rings. The van der Waals surface area contributed by atoms with Crippen molar-refractivity contribution in [3.05, 3.63) is 95.4 Å². The lowest BCUT2D eigenvalue weighted by Crippen LogP contribution is -2.11. The Morgan fingerprint density at radius 1 is 0.828 bits per heavy atom. The van der Waals surface area contributed by atoms with Crippen LogP contribution in [0.25, 0.3) is 22.4 Å². The molecular formula is C25H22N2OS. The van der Waals surface area contributed by atoms with Gasteiger partial charge in [0.2, 0.25) is 0 Å². The molecular weight excluding hydrogens is 376 g/mol. The van der Waals surface area contributed by atoms with Gasteiger partial charge in [-0.2, -0.15) is 0 Å². The summed E-state index contributed by atoms with van der Waals surface area (Å²) in [6.45, 7) is 2.15. The number of carbonyl (C=O) groups is 1. The molecule has 4 rings (SSSR count). The van der Waals surface area contributed by atoms with E-state index in [4.69, 9.17) is 4.98 Å². The summed E-state index contributed by atoms with van der Waals surface area (Å²) in [4.78, 5) is 18.7. The highest BCUT2D eigenvalue weighted by atomic mass is 32.1. The molecule has 1 aromatic heterocycles. The molecule has 0 spiro atoms. The molecule has 0 unspecified atom stereocenters. The van der Waals surface area contributed by atoms with Gasteiger partial charge in [-0.25, -0.2) is 4.98 Å². The number of rotatable bonds is 6. The number of benzene rings is 3. The largest absolute Gasteiger partial charge is 0.298 e. The topological polar surface area (TPSA) is 42.0 Å². The molecule has 0 bridgehead atoms. The van der Waals surface area contributed by atoms with Crippen molar-refractivity contribution in [2.24, 2.45) is 0 Å². The minimum atomic E-state index is -0.138. The van der Waals surface area contributed by atoms with Gasteiger partial charge in [-0.1, -0.05) is 86.1 Å². The van der Waals surface area contributed by atoms with Gasteiger partial charge in [-0.15, -0.1) is 11.3 Å². The number of hydrogen-bond donors (Lipinski definition) is 1. The van der Waals surface area contributed by atoms with Gasteiger partial charge in [0.25, 0.3) is 5.91 Å². The van der Waals surface area contributed by atoms with Gasteiger partial charge in [0.15, 0.2) is 5.13 Å². The predicted octanol–water partition coefficient (Wildman–Crippen LogP) is 6.68. The van der Waals surface area contributed by atoms with E-state index in [1.165, 1.54) is 4.88 Å². The van der Waals surface area contributed by atoms with Gasteiger partial charge >= 0.3 is 0 Å². The first kappa shape index (κ1) is 19.1. The van der Waals surface area contributed by atoms with E-state index in [1.54, 1.807) is 11.3 Å². The van der Waals surface area contributed by atoms with Crippen molar-refractivity contribution in [2.75, 3.05) is 5.32 Å². The van der Waals surface area contributed by atoms with Crippen LogP contribution in [0.3, 0.4) is 0 Å². The molecule has 0 saturated carbocycles. The van der Waals surface area contributed by atoms with Crippen LogP contribution in [0, 0.1) is 0 Å². The SMILES string of the molecule is CCCc1sc(NC(=O)c2ccc(-c3ccccc3)cc2)nc1-c1ccccc1. The molecule has 1 N–H and O–H groups in total. The summed E-state index contributed by atoms with van der Waals surface area (Å²) >= 11 is 1.56. The predicted molar refractivity (Wildman–Crippen MR) is 121 cm³/mol. The van der Waals surface area contributed by atoms with Crippen LogP contribution >= 0.6 is 11.3 Å². The maximum Gasteiger partial charge on any atom is 0.257 e. The molecule has 0 saturated heterocycles. The molecule has 0 radical (unpaired) electrons. The number of amides is 1. The lowest BCUT2D eigenvalue weighted by atomic mass is 10.0. The molecule has 3 nitrogen and oxygen atoms in total. The zero-order valence-electron chi connectivity index (χ0n) is 16.3. The van der Waals surface area contributed by atoms with E-state index in [-0.39, 0.29) is 5.91 Å². The highest BCUT2D eigenvalue weighted by Gasteiger charge is 2.15. The number of anilines is 1. The van der Waals surface area contributed by atoms with Gasteiger partial charge in [-0.05, 0) is 29.7 Å². The Morgan fingerprint density at radius 3 is 2.03 bits per heavy atom. The van der Waals surface area contributed by atoms with E-state index < -0.39 is 0 Å². The highest BCUT2D eigenvalue weighted by Crippen LogP contribution is 2.32. The number of aromatic nitrogens is 1. The lowest BCUT2D eigenvalue weighted by Gasteiger charge is -2.04. The Balaban J connectivity index is 1.54. The number of thiazole rings is 1. The maximum atomic E-state index is 12.7. The van der Waals surface area contributed by atoms with E-state index >= 15 is 0 Å². The molecule has 0 aliphatic heterocycles. The lowest BCUT2D eigenvalue weighted by molar-refractivity contribution is 0.102. The number of carbonyl (C=O) groups excluding carboxylic acids is 1. The van der Waals surface area contributed by atoms with Gasteiger partial charge < -0.3 is 0 Å². The normalized spacial score (nSPS) is 10.7. The van der Waals surface area contributed by atoms with Crippen molar-refractivity contribution < 1.29 is 4.79 Å². The van der Waals surface area contributed by atoms with E-state index in [0.29, 0.717) is 10.7 Å². The molecule has 0 aliphatic carbocycles. The number of aryl methyl sites for hydroxylation is 1. The highest BCUT2D eigenvalue weighted by molar-refractivity contribution is 7.16. The third-order valence-electron chi connectivity index (χ3n) is 4.70. The van der Waals surface area contributed by atoms with Crippen molar-refractivity contribution in [1.29, 1.82) is 0 Å². The third kappa shape index (κ3) is 4.44. The Labute approximate surface area is 175 Å². The molecule has 4 aromatic rings. The first-order chi connectivity index (χ1) is 14.2. The van der Waals surface area contributed by atoms with Crippen LogP contribution in [0.5, 0.6) is 0 Å². The van der Waals surface area contributed by atoms with Crippen LogP contribution in [0.2, 0.25) is 0 Å². The van der Waals surface area contributed by atoms with Gasteiger partial charge in [0, 0.05) is 16.0 Å². The Morgan fingerprint density at radius 2 is 1.41 bits per heavy atom. The zero-order chi connectivity index (χ0) is 20.1. The smallest absolute Gasteiger partial charge is 0.257 e. The second-order valence-electron chi connectivity index (χ2n) is 6.80. The van der Waals surface area contributed by atoms with Gasteiger partial charge in [0.05, 0.1) is 5.69 Å². The van der Waals surface area contributed by atoms with E-state index in [0.717, 1.165) is 35.2 Å². The van der Waals surface area contributed by atoms with Crippen molar-refractivity contribution in [3.63, 3.8) is 0 Å². The van der Waals surface area contributed by atoms with Crippen LogP contribution in [-0.4, -0.2) is 10.9 Å². The molecule has 1 heterocycles. The van der Waals surface area contributed by atoms with E-state index in [2.05, 4.69) is 36.5 Å². The van der Waals surface area contributed by atoms with Gasteiger partial charge in [-0.3, -0.25) is 10.1 Å². The molecule has 0 atom stereocenters. The third-order valence-corrected chi connectivity index (χ3v) is 5.73. The zero-order valence-corrected chi connectivity index (χ0v) is 17.1. The second kappa shape index (κ2) is 8.84. The summed E-state index contributed by atoms with van der Waals surface area (Å²) in [7, 11) is 0. The average molecular weight is 399 g/mol. The first-order valence-corrected chi connectivity index (χ1v) is 10.6. The standard InChI is InChI=1S/C25H22N2OS/c1-2-9-22-23(20-12-7-4-8-13-20)26-25(29-22)27-24(28)21-16-14-19(15-17-21)18-10-5-3-6-11-18/h3-8,10-17H,2,9H2,1H3,(H,26,27,28). The van der Waals surface area contributed by atoms with Crippen molar-refractivity contribution in [1.82, 2.24) is 4.98 Å². The van der Waals surface area contributed by atoms with Crippen molar-refractivity contribution in [2.45, 2.75) is 19.8 Å². The summed E-state index contributed by atoms with van der Waals surface area (Å²) in [5.41, 5.74) is 4.90. The quantitative estimate of drug-likeness (QED) is 0.393. The summed E-state index contributed by atoms with van der Waals surface area (Å²) in [6, 6.07) is 27.9. The van der Waals surface area contributed by atoms with Crippen LogP contribution in [0.4, 0.5) is 5.13 Å². The van der Waals surface area contributed by atoms with Crippen LogP contribution in [-0.2, 0) is 6.42 Å². The minimum Gasteiger partial charge on any atom is -0.298 e. The van der Waals surface area contributed by atoms with Crippen LogP contribution in [0.15, 0.2) is 84.9 Å². The van der Waals surface area contributed by atoms with Crippen molar-refractivity contribution >= 4 is 22.4 Å². The number of nitrogens with zero attached hydrogens (tertiary/aromatic N) is 1. The minimum absolute atomic E-state index is 0.138. The average Bonchev–Trinajstić information content (AvgIpc) is 3.17. The fraction of sp³-hybridized carbons (Fsp3) is 0.120. The molecule has 29 heavy (non-hydrogen) atoms. The maximum absolute atomic E-state index is 12.7. The van der Waals surface area contributed by atoms with Crippen LogP contribution < -0.4 is 5.32 Å². The molecule has 144 valence electrons. The Bertz CT molecular complexity index is 1090. The summed E-state index contributed by atoms with van der Waals surface area (Å²) < 4.78 is 0. The van der Waals surface area contributed by atoms with E-state index in [9.17, 15) is 4.79 Å². The molecule has 4 heteroatoms. The van der Waals surface area contributed by atoms with Gasteiger partial charge in [0.1, 0.15) is 0 Å². The second-order valence-corrected chi connectivity index (χ2v) is 7.89. The fourth-order valence-corrected chi connectivity index (χ4v) is 4.32. The Kier molecular flexibility index (Phi) is 5.82. The summed E-state index contributed by atoms with van der Waals surface area (Å²) in [6.07, 6.45) is 1.99. The molecule has 0 fully saturated rings. The monoisotopic (exact) mass is 398 g/mol. The fourth-order valence-electron chi connectivity index (χ4n) is 3.24. The summed E-state index contributed by atoms with van der Waals surface area (Å²) in [5.74, 6) is -0.138. The molecule has 3 aromatic carbocycles. The number of hydrogen-bond acceptors (Lipinski definition) is 3. The van der Waals surface area contributed by atoms with Crippen LogP contribution in [0.1, 0.15) is 28.6 Å². The number of nitrogens with one attached hydrogen (secondary N) is 1. The Hall–Kier alpha value is -3.24. The first-order valence-electron chi connectivity index (χ1n) is 9.76. The van der Waals surface area contributed by atoms with Crippen molar-refractivity contribution in [3.8, 4) is 22.4 Å². The summed E-state index contributed by atoms with van der Waals surface area (Å²) in [5, 5.41) is 3.62. The van der Waals surface area contributed by atoms with E-state index in [1.807, 2.05) is 60.7 Å².